The van der Waals surface area contributed by atoms with E-state index in [1.165, 1.54) is 38.6 Å². The first kappa shape index (κ1) is 11.7. The van der Waals surface area contributed by atoms with E-state index < -0.39 is 0 Å². The van der Waals surface area contributed by atoms with Crippen LogP contribution < -0.4 is 0 Å². The zero-order valence-corrected chi connectivity index (χ0v) is 10.8. The van der Waals surface area contributed by atoms with Crippen LogP contribution in [0.4, 0.5) is 0 Å². The molecule has 1 aliphatic carbocycles. The molecule has 0 N–H and O–H groups in total. The number of nitrogens with zero attached hydrogens (tertiary/aromatic N) is 4. The van der Waals surface area contributed by atoms with Crippen molar-refractivity contribution in [1.82, 2.24) is 14.7 Å². The van der Waals surface area contributed by atoms with Crippen LogP contribution in [0.1, 0.15) is 43.7 Å². The van der Waals surface area contributed by atoms with Gasteiger partial charge in [0, 0.05) is 25.8 Å². The van der Waals surface area contributed by atoms with Gasteiger partial charge in [0.05, 0.1) is 17.8 Å². The molecule has 1 aliphatic heterocycles. The van der Waals surface area contributed by atoms with Crippen molar-refractivity contribution in [2.45, 2.75) is 38.1 Å². The van der Waals surface area contributed by atoms with Crippen molar-refractivity contribution in [1.29, 1.82) is 5.26 Å². The minimum absolute atomic E-state index is 0.482. The second kappa shape index (κ2) is 5.11. The third-order valence-electron chi connectivity index (χ3n) is 4.28. The molecule has 0 bridgehead atoms. The maximum atomic E-state index is 8.78. The summed E-state index contributed by atoms with van der Waals surface area (Å²) >= 11 is 0. The third-order valence-corrected chi connectivity index (χ3v) is 4.28. The largest absolute Gasteiger partial charge is 0.299 e. The Labute approximate surface area is 108 Å². The Balaban J connectivity index is 1.46. The highest BCUT2D eigenvalue weighted by molar-refractivity contribution is 5.22. The first-order valence-electron chi connectivity index (χ1n) is 7.02. The van der Waals surface area contributed by atoms with Gasteiger partial charge in [0.2, 0.25) is 0 Å². The summed E-state index contributed by atoms with van der Waals surface area (Å²) in [7, 11) is 0. The van der Waals surface area contributed by atoms with Gasteiger partial charge >= 0.3 is 0 Å². The molecule has 4 nitrogen and oxygen atoms in total. The topological polar surface area (TPSA) is 44.9 Å². The SMILES string of the molecule is N#Cc1cnn(C2CN(CC3CCCCC3)C2)c1. The summed E-state index contributed by atoms with van der Waals surface area (Å²) in [5.74, 6) is 0.923. The molecule has 0 spiro atoms. The van der Waals surface area contributed by atoms with Crippen molar-refractivity contribution in [3.63, 3.8) is 0 Å². The van der Waals surface area contributed by atoms with Crippen LogP contribution in [0.3, 0.4) is 0 Å². The van der Waals surface area contributed by atoms with E-state index in [9.17, 15) is 0 Å². The zero-order chi connectivity index (χ0) is 12.4. The van der Waals surface area contributed by atoms with Gasteiger partial charge < -0.3 is 0 Å². The van der Waals surface area contributed by atoms with Crippen molar-refractivity contribution in [2.75, 3.05) is 19.6 Å². The van der Waals surface area contributed by atoms with Crippen molar-refractivity contribution in [3.8, 4) is 6.07 Å². The van der Waals surface area contributed by atoms with E-state index in [0.29, 0.717) is 11.6 Å². The molecular formula is C14H20N4. The van der Waals surface area contributed by atoms with E-state index in [4.69, 9.17) is 5.26 Å². The van der Waals surface area contributed by atoms with Crippen LogP contribution in [0, 0.1) is 17.2 Å². The number of hydrogen-bond donors (Lipinski definition) is 0. The molecule has 1 aromatic rings. The minimum atomic E-state index is 0.482. The average molecular weight is 244 g/mol. The highest BCUT2D eigenvalue weighted by Gasteiger charge is 2.30. The molecule has 2 heterocycles. The molecule has 0 atom stereocenters. The molecule has 0 amide bonds. The summed E-state index contributed by atoms with van der Waals surface area (Å²) in [5.41, 5.74) is 0.667. The fourth-order valence-electron chi connectivity index (χ4n) is 3.19. The molecule has 0 aromatic carbocycles. The highest BCUT2D eigenvalue weighted by Crippen LogP contribution is 2.28. The summed E-state index contributed by atoms with van der Waals surface area (Å²) in [6.07, 6.45) is 10.6. The number of rotatable bonds is 3. The van der Waals surface area contributed by atoms with Gasteiger partial charge in [0.15, 0.2) is 0 Å². The van der Waals surface area contributed by atoms with Crippen LogP contribution in [-0.4, -0.2) is 34.3 Å². The van der Waals surface area contributed by atoms with E-state index in [2.05, 4.69) is 16.1 Å². The molecule has 0 unspecified atom stereocenters. The Bertz CT molecular complexity index is 433. The first-order chi connectivity index (χ1) is 8.85. The van der Waals surface area contributed by atoms with Gasteiger partial charge in [-0.1, -0.05) is 19.3 Å². The summed E-state index contributed by atoms with van der Waals surface area (Å²) in [6, 6.07) is 2.61. The lowest BCUT2D eigenvalue weighted by molar-refractivity contribution is 0.0725. The Morgan fingerprint density at radius 1 is 1.28 bits per heavy atom. The van der Waals surface area contributed by atoms with E-state index in [1.807, 2.05) is 10.9 Å². The average Bonchev–Trinajstić information content (AvgIpc) is 2.83. The quantitative estimate of drug-likeness (QED) is 0.818. The number of nitriles is 1. The third kappa shape index (κ3) is 2.41. The second-order valence-electron chi connectivity index (χ2n) is 5.70. The van der Waals surface area contributed by atoms with Gasteiger partial charge in [0.1, 0.15) is 6.07 Å². The molecule has 18 heavy (non-hydrogen) atoms. The second-order valence-corrected chi connectivity index (χ2v) is 5.70. The van der Waals surface area contributed by atoms with Gasteiger partial charge in [-0.25, -0.2) is 0 Å². The summed E-state index contributed by atoms with van der Waals surface area (Å²) in [6.45, 7) is 3.47. The van der Waals surface area contributed by atoms with Crippen molar-refractivity contribution in [3.05, 3.63) is 18.0 Å². The Hall–Kier alpha value is -1.34. The Kier molecular flexibility index (Phi) is 3.33. The van der Waals surface area contributed by atoms with Crippen LogP contribution >= 0.6 is 0 Å². The van der Waals surface area contributed by atoms with Crippen LogP contribution in [0.25, 0.3) is 0 Å². The van der Waals surface area contributed by atoms with Crippen molar-refractivity contribution >= 4 is 0 Å². The Morgan fingerprint density at radius 3 is 2.72 bits per heavy atom. The predicted octanol–water partition coefficient (Wildman–Crippen LogP) is 2.19. The van der Waals surface area contributed by atoms with Crippen LogP contribution in [0.2, 0.25) is 0 Å². The van der Waals surface area contributed by atoms with E-state index >= 15 is 0 Å². The Morgan fingerprint density at radius 2 is 2.06 bits per heavy atom. The summed E-state index contributed by atoms with van der Waals surface area (Å²) in [4.78, 5) is 2.54. The lowest BCUT2D eigenvalue weighted by Crippen LogP contribution is -2.49. The maximum absolute atomic E-state index is 8.78. The number of likely N-dealkylation sites (tertiary alicyclic amines) is 1. The van der Waals surface area contributed by atoms with Gasteiger partial charge in [-0.05, 0) is 18.8 Å². The molecule has 1 saturated carbocycles. The normalized spacial score (nSPS) is 22.6. The molecule has 0 radical (unpaired) electrons. The van der Waals surface area contributed by atoms with Crippen molar-refractivity contribution < 1.29 is 0 Å². The molecular weight excluding hydrogens is 224 g/mol. The lowest BCUT2D eigenvalue weighted by atomic mass is 9.88. The highest BCUT2D eigenvalue weighted by atomic mass is 15.4. The first-order valence-corrected chi connectivity index (χ1v) is 7.02. The number of aromatic nitrogens is 2. The molecule has 2 fully saturated rings. The fourth-order valence-corrected chi connectivity index (χ4v) is 3.19. The molecule has 3 rings (SSSR count). The smallest absolute Gasteiger partial charge is 0.102 e. The van der Waals surface area contributed by atoms with Gasteiger partial charge in [-0.2, -0.15) is 10.4 Å². The molecule has 96 valence electrons. The van der Waals surface area contributed by atoms with E-state index in [0.717, 1.165) is 19.0 Å². The van der Waals surface area contributed by atoms with Crippen LogP contribution in [0.5, 0.6) is 0 Å². The zero-order valence-electron chi connectivity index (χ0n) is 10.8. The molecule has 2 aliphatic rings. The number of hydrogen-bond acceptors (Lipinski definition) is 3. The standard InChI is InChI=1S/C14H20N4/c15-6-13-7-16-18(9-13)14-10-17(11-14)8-12-4-2-1-3-5-12/h7,9,12,14H,1-5,8,10-11H2. The monoisotopic (exact) mass is 244 g/mol. The molecule has 1 saturated heterocycles. The minimum Gasteiger partial charge on any atom is -0.299 e. The van der Waals surface area contributed by atoms with Gasteiger partial charge in [-0.3, -0.25) is 9.58 Å². The van der Waals surface area contributed by atoms with Gasteiger partial charge in [0.25, 0.3) is 0 Å². The fraction of sp³-hybridized carbons (Fsp3) is 0.714. The summed E-state index contributed by atoms with van der Waals surface area (Å²) in [5, 5.41) is 13.0. The van der Waals surface area contributed by atoms with E-state index in [1.54, 1.807) is 6.20 Å². The van der Waals surface area contributed by atoms with Crippen LogP contribution in [-0.2, 0) is 0 Å². The van der Waals surface area contributed by atoms with Gasteiger partial charge in [-0.15, -0.1) is 0 Å². The lowest BCUT2D eigenvalue weighted by Gasteiger charge is -2.41. The molecule has 1 aromatic heterocycles. The van der Waals surface area contributed by atoms with Crippen molar-refractivity contribution in [2.24, 2.45) is 5.92 Å². The molecule has 4 heteroatoms. The maximum Gasteiger partial charge on any atom is 0.102 e. The summed E-state index contributed by atoms with van der Waals surface area (Å²) < 4.78 is 1.95. The van der Waals surface area contributed by atoms with E-state index in [-0.39, 0.29) is 0 Å². The van der Waals surface area contributed by atoms with Crippen LogP contribution in [0.15, 0.2) is 12.4 Å². The predicted molar refractivity (Wildman–Crippen MR) is 69.0 cm³/mol.